The number of esters is 1. The molecule has 5 atom stereocenters. The van der Waals surface area contributed by atoms with Crippen molar-refractivity contribution in [3.8, 4) is 5.75 Å². The Morgan fingerprint density at radius 2 is 1.79 bits per heavy atom. The van der Waals surface area contributed by atoms with E-state index in [0.717, 1.165) is 17.7 Å². The van der Waals surface area contributed by atoms with E-state index in [1.165, 1.54) is 0 Å². The average Bonchev–Trinajstić information content (AvgIpc) is 2.79. The minimum Gasteiger partial charge on any atom is -0.497 e. The van der Waals surface area contributed by atoms with Gasteiger partial charge in [-0.2, -0.15) is 0 Å². The topological polar surface area (TPSA) is 82.1 Å². The fourth-order valence-corrected chi connectivity index (χ4v) is 4.03. The van der Waals surface area contributed by atoms with Crippen molar-refractivity contribution in [3.63, 3.8) is 0 Å². The highest BCUT2D eigenvalue weighted by molar-refractivity contribution is 6.01. The molecule has 2 heterocycles. The number of carbonyl (C=O) groups is 2. The van der Waals surface area contributed by atoms with Gasteiger partial charge in [0.05, 0.1) is 25.9 Å². The maximum absolute atomic E-state index is 12.4. The number of methoxy groups -OCH3 is 1. The van der Waals surface area contributed by atoms with Gasteiger partial charge < -0.3 is 19.3 Å². The monoisotopic (exact) mass is 454 g/mol. The minimum absolute atomic E-state index is 0.108. The Bertz CT molecular complexity index is 851. The van der Waals surface area contributed by atoms with E-state index in [-0.39, 0.29) is 30.6 Å². The highest BCUT2D eigenvalue weighted by Gasteiger charge is 2.36. The van der Waals surface area contributed by atoms with Crippen LogP contribution in [0.25, 0.3) is 0 Å². The van der Waals surface area contributed by atoms with E-state index in [1.54, 1.807) is 7.11 Å². The molecular formula is C27H34O6. The summed E-state index contributed by atoms with van der Waals surface area (Å²) < 4.78 is 16.8. The van der Waals surface area contributed by atoms with Crippen molar-refractivity contribution in [3.05, 3.63) is 66.3 Å². The predicted molar refractivity (Wildman–Crippen MR) is 126 cm³/mol. The summed E-state index contributed by atoms with van der Waals surface area (Å²) in [5.41, 5.74) is 1.06. The summed E-state index contributed by atoms with van der Waals surface area (Å²) in [6, 6.07) is 7.79. The molecule has 6 nitrogen and oxygen atoms in total. The number of hydrogen-bond donors (Lipinski definition) is 1. The highest BCUT2D eigenvalue weighted by atomic mass is 16.5. The van der Waals surface area contributed by atoms with Gasteiger partial charge in [0, 0.05) is 12.8 Å². The van der Waals surface area contributed by atoms with Crippen LogP contribution in [0.2, 0.25) is 0 Å². The number of aliphatic hydroxyl groups excluding tert-OH is 1. The second-order valence-electron chi connectivity index (χ2n) is 8.76. The summed E-state index contributed by atoms with van der Waals surface area (Å²) in [7, 11) is 1.64. The average molecular weight is 455 g/mol. The third-order valence-corrected chi connectivity index (χ3v) is 6.08. The molecule has 6 heteroatoms. The number of aliphatic hydroxyl groups is 1. The van der Waals surface area contributed by atoms with Gasteiger partial charge in [0.2, 0.25) is 0 Å². The summed E-state index contributed by atoms with van der Waals surface area (Å²) in [6.07, 6.45) is 12.2. The lowest BCUT2D eigenvalue weighted by Gasteiger charge is -2.27. The summed E-state index contributed by atoms with van der Waals surface area (Å²) in [4.78, 5) is 24.8. The van der Waals surface area contributed by atoms with Gasteiger partial charge in [0.1, 0.15) is 17.8 Å². The Balaban J connectivity index is 1.69. The quantitative estimate of drug-likeness (QED) is 0.415. The molecule has 2 aliphatic heterocycles. The molecule has 178 valence electrons. The maximum Gasteiger partial charge on any atom is 0.317 e. The van der Waals surface area contributed by atoms with Crippen molar-refractivity contribution in [2.75, 3.05) is 7.11 Å². The first kappa shape index (κ1) is 24.9. The normalized spacial score (nSPS) is 31.9. The number of hydrogen-bond acceptors (Lipinski definition) is 6. The van der Waals surface area contributed by atoms with Crippen LogP contribution in [0, 0.1) is 11.8 Å². The Hall–Kier alpha value is -2.70. The van der Waals surface area contributed by atoms with E-state index in [2.05, 4.69) is 6.92 Å². The van der Waals surface area contributed by atoms with Crippen molar-refractivity contribution >= 4 is 11.8 Å². The third-order valence-electron chi connectivity index (χ3n) is 6.08. The van der Waals surface area contributed by atoms with Gasteiger partial charge in [-0.3, -0.25) is 9.59 Å². The number of Topliss-reactive ketones (excluding diaryl/α,β-unsaturated/α-hetero) is 1. The fraction of sp³-hybridized carbons (Fsp3) is 0.481. The fourth-order valence-electron chi connectivity index (χ4n) is 4.03. The second-order valence-corrected chi connectivity index (χ2v) is 8.76. The first-order chi connectivity index (χ1) is 16.0. The number of carbonyl (C=O) groups excluding carboxylic acids is 2. The standard InChI is InChI=1S/C27H34O6/c1-19-8-6-7-10-24-25(29)17-23(33-27(24)30)16-21(28)9-4-3-5-11-26(19)32-18-20-12-14-22(31-2)15-13-20/h3-7,11-15,19,21,23-24,26,28H,8-10,16-18H2,1-2H3/b4-3+,7-6+,11-5-/t19-,21-,23-,24?,26-/m1/s1. The molecule has 1 fully saturated rings. The maximum atomic E-state index is 12.4. The number of ether oxygens (including phenoxy) is 3. The lowest BCUT2D eigenvalue weighted by molar-refractivity contribution is -0.165. The van der Waals surface area contributed by atoms with E-state index in [9.17, 15) is 14.7 Å². The molecule has 1 N–H and O–H groups in total. The molecule has 1 aliphatic carbocycles. The van der Waals surface area contributed by atoms with Crippen molar-refractivity contribution in [2.45, 2.75) is 63.9 Å². The molecule has 1 saturated heterocycles. The zero-order chi connectivity index (χ0) is 23.6. The predicted octanol–water partition coefficient (Wildman–Crippen LogP) is 4.32. The van der Waals surface area contributed by atoms with Gasteiger partial charge in [-0.1, -0.05) is 55.5 Å². The van der Waals surface area contributed by atoms with Crippen LogP contribution in [-0.2, 0) is 25.7 Å². The molecule has 2 bridgehead atoms. The van der Waals surface area contributed by atoms with Crippen LogP contribution in [0.3, 0.4) is 0 Å². The SMILES string of the molecule is COc1ccc(CO[C@@H]2/C=C\C=C\C[C@@H](O)C[C@@H]3CC(=O)C(C/C=C/C[C@H]2C)C(=O)O3)cc1. The van der Waals surface area contributed by atoms with Crippen LogP contribution in [0.15, 0.2) is 60.7 Å². The van der Waals surface area contributed by atoms with Crippen molar-refractivity contribution < 1.29 is 28.9 Å². The summed E-state index contributed by atoms with van der Waals surface area (Å²) in [6.45, 7) is 2.58. The first-order valence-electron chi connectivity index (χ1n) is 11.6. The lowest BCUT2D eigenvalue weighted by Crippen LogP contribution is -2.39. The van der Waals surface area contributed by atoms with E-state index >= 15 is 0 Å². The summed E-state index contributed by atoms with van der Waals surface area (Å²) in [5.74, 6) is -0.348. The summed E-state index contributed by atoms with van der Waals surface area (Å²) in [5, 5.41) is 10.3. The van der Waals surface area contributed by atoms with Crippen molar-refractivity contribution in [2.24, 2.45) is 11.8 Å². The zero-order valence-electron chi connectivity index (χ0n) is 19.4. The second kappa shape index (κ2) is 12.5. The molecule has 3 aliphatic rings. The molecule has 1 aromatic rings. The molecule has 0 spiro atoms. The molecular weight excluding hydrogens is 420 g/mol. The van der Waals surface area contributed by atoms with Gasteiger partial charge in [-0.05, 0) is 42.9 Å². The van der Waals surface area contributed by atoms with Crippen LogP contribution in [-0.4, -0.2) is 42.3 Å². The minimum atomic E-state index is -0.748. The largest absolute Gasteiger partial charge is 0.497 e. The van der Waals surface area contributed by atoms with Crippen LogP contribution in [0.1, 0.15) is 44.6 Å². The van der Waals surface area contributed by atoms with Gasteiger partial charge in [0.15, 0.2) is 5.78 Å². The molecule has 1 aromatic carbocycles. The van der Waals surface area contributed by atoms with E-state index < -0.39 is 24.1 Å². The third kappa shape index (κ3) is 7.69. The molecule has 1 unspecified atom stereocenters. The molecule has 0 radical (unpaired) electrons. The number of benzene rings is 1. The van der Waals surface area contributed by atoms with Crippen LogP contribution in [0.4, 0.5) is 0 Å². The lowest BCUT2D eigenvalue weighted by atomic mass is 9.90. The Labute approximate surface area is 195 Å². The Kier molecular flexibility index (Phi) is 9.46. The number of fused-ring (bicyclic) bond motifs is 11. The first-order valence-corrected chi connectivity index (χ1v) is 11.6. The molecule has 0 amide bonds. The Morgan fingerprint density at radius 3 is 2.52 bits per heavy atom. The summed E-state index contributed by atoms with van der Waals surface area (Å²) >= 11 is 0. The van der Waals surface area contributed by atoms with Crippen molar-refractivity contribution in [1.82, 2.24) is 0 Å². The number of rotatable bonds is 4. The number of ketones is 1. The van der Waals surface area contributed by atoms with Crippen LogP contribution >= 0.6 is 0 Å². The van der Waals surface area contributed by atoms with E-state index in [4.69, 9.17) is 14.2 Å². The van der Waals surface area contributed by atoms with E-state index in [1.807, 2.05) is 60.7 Å². The molecule has 0 saturated carbocycles. The van der Waals surface area contributed by atoms with E-state index in [0.29, 0.717) is 19.4 Å². The van der Waals surface area contributed by atoms with Crippen LogP contribution < -0.4 is 4.74 Å². The van der Waals surface area contributed by atoms with Crippen LogP contribution in [0.5, 0.6) is 5.75 Å². The highest BCUT2D eigenvalue weighted by Crippen LogP contribution is 2.25. The van der Waals surface area contributed by atoms with Crippen molar-refractivity contribution in [1.29, 1.82) is 0 Å². The van der Waals surface area contributed by atoms with Gasteiger partial charge >= 0.3 is 5.97 Å². The Morgan fingerprint density at radius 1 is 1.03 bits per heavy atom. The zero-order valence-corrected chi connectivity index (χ0v) is 19.4. The molecule has 4 rings (SSSR count). The van der Waals surface area contributed by atoms with Gasteiger partial charge in [-0.25, -0.2) is 0 Å². The smallest absolute Gasteiger partial charge is 0.317 e. The molecule has 0 aromatic heterocycles. The van der Waals surface area contributed by atoms with Gasteiger partial charge in [-0.15, -0.1) is 0 Å². The van der Waals surface area contributed by atoms with Gasteiger partial charge in [0.25, 0.3) is 0 Å². The number of allylic oxidation sites excluding steroid dienone is 4. The molecule has 33 heavy (non-hydrogen) atoms.